The Balaban J connectivity index is 2.90. The van der Waals surface area contributed by atoms with E-state index in [1.807, 2.05) is 25.1 Å². The molecule has 1 N–H and O–H groups in total. The molecule has 0 aliphatic heterocycles. The topological polar surface area (TPSA) is 62.1 Å². The summed E-state index contributed by atoms with van der Waals surface area (Å²) in [5, 5.41) is 11.6. The van der Waals surface area contributed by atoms with Crippen LogP contribution < -0.4 is 10.1 Å². The zero-order valence-corrected chi connectivity index (χ0v) is 10.6. The van der Waals surface area contributed by atoms with Gasteiger partial charge in [0.15, 0.2) is 0 Å². The summed E-state index contributed by atoms with van der Waals surface area (Å²) in [7, 11) is 1.57. The van der Waals surface area contributed by atoms with E-state index in [2.05, 4.69) is 5.32 Å². The van der Waals surface area contributed by atoms with Crippen LogP contribution in [-0.4, -0.2) is 19.6 Å². The number of carbonyl (C=O) groups excluding carboxylic acids is 1. The highest BCUT2D eigenvalue weighted by Gasteiger charge is 2.07. The summed E-state index contributed by atoms with van der Waals surface area (Å²) in [6, 6.07) is 9.10. The number of carbonyl (C=O) groups is 1. The molecule has 0 unspecified atom stereocenters. The lowest BCUT2D eigenvalue weighted by Gasteiger charge is -2.03. The van der Waals surface area contributed by atoms with E-state index >= 15 is 0 Å². The molecule has 1 aromatic rings. The number of rotatable bonds is 5. The lowest BCUT2D eigenvalue weighted by atomic mass is 10.1. The Morgan fingerprint density at radius 2 is 2.33 bits per heavy atom. The van der Waals surface area contributed by atoms with Gasteiger partial charge in [-0.3, -0.25) is 4.79 Å². The largest absolute Gasteiger partial charge is 0.497 e. The Hall–Kier alpha value is -2.28. The second-order valence-corrected chi connectivity index (χ2v) is 3.70. The Morgan fingerprint density at radius 3 is 2.94 bits per heavy atom. The molecule has 1 amide bonds. The van der Waals surface area contributed by atoms with Gasteiger partial charge in [0.25, 0.3) is 5.91 Å². The number of hydrogen-bond donors (Lipinski definition) is 1. The first kappa shape index (κ1) is 13.8. The molecule has 0 saturated heterocycles. The van der Waals surface area contributed by atoms with Gasteiger partial charge >= 0.3 is 0 Å². The minimum absolute atomic E-state index is 0.0942. The molecule has 0 saturated carbocycles. The molecule has 0 aliphatic rings. The van der Waals surface area contributed by atoms with Gasteiger partial charge < -0.3 is 10.1 Å². The van der Waals surface area contributed by atoms with E-state index in [9.17, 15) is 4.79 Å². The summed E-state index contributed by atoms with van der Waals surface area (Å²) < 4.78 is 5.08. The lowest BCUT2D eigenvalue weighted by Crippen LogP contribution is -2.25. The lowest BCUT2D eigenvalue weighted by molar-refractivity contribution is -0.117. The summed E-state index contributed by atoms with van der Waals surface area (Å²) in [5.74, 6) is 0.345. The maximum absolute atomic E-state index is 11.7. The van der Waals surface area contributed by atoms with E-state index in [1.165, 1.54) is 0 Å². The molecule has 0 heterocycles. The average Bonchev–Trinajstić information content (AvgIpc) is 2.42. The minimum atomic E-state index is -0.345. The first-order valence-electron chi connectivity index (χ1n) is 5.75. The molecule has 18 heavy (non-hydrogen) atoms. The molecule has 1 rings (SSSR count). The van der Waals surface area contributed by atoms with Gasteiger partial charge in [0.05, 0.1) is 7.11 Å². The van der Waals surface area contributed by atoms with E-state index in [0.29, 0.717) is 12.3 Å². The highest BCUT2D eigenvalue weighted by molar-refractivity contribution is 6.01. The van der Waals surface area contributed by atoms with Gasteiger partial charge in [0.1, 0.15) is 17.4 Å². The van der Waals surface area contributed by atoms with Crippen LogP contribution in [0.2, 0.25) is 0 Å². The van der Waals surface area contributed by atoms with Crippen molar-refractivity contribution >= 4 is 12.0 Å². The second kappa shape index (κ2) is 7.13. The molecule has 0 bridgehead atoms. The summed E-state index contributed by atoms with van der Waals surface area (Å²) >= 11 is 0. The first-order valence-corrected chi connectivity index (χ1v) is 5.75. The van der Waals surface area contributed by atoms with E-state index in [-0.39, 0.29) is 11.5 Å². The molecule has 94 valence electrons. The van der Waals surface area contributed by atoms with Crippen LogP contribution in [0.5, 0.6) is 5.75 Å². The van der Waals surface area contributed by atoms with Crippen LogP contribution in [0.1, 0.15) is 18.9 Å². The van der Waals surface area contributed by atoms with Crippen LogP contribution in [0.4, 0.5) is 0 Å². The summed E-state index contributed by atoms with van der Waals surface area (Å²) in [6.45, 7) is 2.52. The number of benzene rings is 1. The minimum Gasteiger partial charge on any atom is -0.497 e. The van der Waals surface area contributed by atoms with E-state index in [4.69, 9.17) is 10.00 Å². The van der Waals surface area contributed by atoms with Crippen molar-refractivity contribution in [3.8, 4) is 11.8 Å². The van der Waals surface area contributed by atoms with Crippen molar-refractivity contribution in [2.75, 3.05) is 13.7 Å². The van der Waals surface area contributed by atoms with Crippen molar-refractivity contribution < 1.29 is 9.53 Å². The fraction of sp³-hybridized carbons (Fsp3) is 0.286. The van der Waals surface area contributed by atoms with Crippen LogP contribution >= 0.6 is 0 Å². The highest BCUT2D eigenvalue weighted by atomic mass is 16.5. The van der Waals surface area contributed by atoms with Gasteiger partial charge in [-0.05, 0) is 30.2 Å². The van der Waals surface area contributed by atoms with Crippen molar-refractivity contribution in [3.63, 3.8) is 0 Å². The third kappa shape index (κ3) is 3.95. The van der Waals surface area contributed by atoms with Crippen LogP contribution in [0.25, 0.3) is 6.08 Å². The Bertz CT molecular complexity index is 487. The third-order valence-corrected chi connectivity index (χ3v) is 2.31. The van der Waals surface area contributed by atoms with Crippen molar-refractivity contribution in [1.82, 2.24) is 5.32 Å². The van der Waals surface area contributed by atoms with Crippen LogP contribution in [0, 0.1) is 11.3 Å². The molecular weight excluding hydrogens is 228 g/mol. The zero-order valence-electron chi connectivity index (χ0n) is 10.6. The fourth-order valence-electron chi connectivity index (χ4n) is 1.38. The van der Waals surface area contributed by atoms with E-state index < -0.39 is 0 Å². The van der Waals surface area contributed by atoms with Crippen molar-refractivity contribution in [3.05, 3.63) is 35.4 Å². The van der Waals surface area contributed by atoms with Crippen LogP contribution in [0.3, 0.4) is 0 Å². The molecular formula is C14H16N2O2. The number of ether oxygens (including phenoxy) is 1. The predicted octanol–water partition coefficient (Wildman–Crippen LogP) is 2.13. The molecule has 0 fully saturated rings. The normalized spacial score (nSPS) is 10.6. The number of nitrogens with zero attached hydrogens (tertiary/aromatic N) is 1. The molecule has 4 nitrogen and oxygen atoms in total. The maximum atomic E-state index is 11.7. The molecule has 0 aromatic heterocycles. The summed E-state index contributed by atoms with van der Waals surface area (Å²) in [4.78, 5) is 11.7. The molecule has 0 aliphatic carbocycles. The average molecular weight is 244 g/mol. The third-order valence-electron chi connectivity index (χ3n) is 2.31. The van der Waals surface area contributed by atoms with Crippen molar-refractivity contribution in [2.24, 2.45) is 0 Å². The quantitative estimate of drug-likeness (QED) is 0.637. The van der Waals surface area contributed by atoms with Gasteiger partial charge in [-0.15, -0.1) is 0 Å². The number of nitrogens with one attached hydrogen (secondary N) is 1. The molecule has 0 radical (unpaired) electrons. The van der Waals surface area contributed by atoms with Gasteiger partial charge in [0.2, 0.25) is 0 Å². The van der Waals surface area contributed by atoms with Gasteiger partial charge in [-0.25, -0.2) is 0 Å². The standard InChI is InChI=1S/C14H16N2O2/c1-3-7-16-14(17)12(10-15)8-11-5-4-6-13(9-11)18-2/h4-6,8-9H,3,7H2,1-2H3,(H,16,17)/b12-8-. The summed E-state index contributed by atoms with van der Waals surface area (Å²) in [6.07, 6.45) is 2.39. The Labute approximate surface area is 107 Å². The molecule has 4 heteroatoms. The zero-order chi connectivity index (χ0) is 13.4. The fourth-order valence-corrected chi connectivity index (χ4v) is 1.38. The number of methoxy groups -OCH3 is 1. The van der Waals surface area contributed by atoms with Gasteiger partial charge in [0, 0.05) is 6.54 Å². The van der Waals surface area contributed by atoms with Crippen molar-refractivity contribution in [2.45, 2.75) is 13.3 Å². The maximum Gasteiger partial charge on any atom is 0.261 e. The number of nitriles is 1. The Morgan fingerprint density at radius 1 is 1.56 bits per heavy atom. The smallest absolute Gasteiger partial charge is 0.261 e. The monoisotopic (exact) mass is 244 g/mol. The van der Waals surface area contributed by atoms with E-state index in [1.54, 1.807) is 25.3 Å². The van der Waals surface area contributed by atoms with Gasteiger partial charge in [-0.1, -0.05) is 19.1 Å². The molecule has 0 atom stereocenters. The summed E-state index contributed by atoms with van der Waals surface area (Å²) in [5.41, 5.74) is 0.856. The first-order chi connectivity index (χ1) is 8.71. The van der Waals surface area contributed by atoms with Crippen LogP contribution in [-0.2, 0) is 4.79 Å². The highest BCUT2D eigenvalue weighted by Crippen LogP contribution is 2.15. The second-order valence-electron chi connectivity index (χ2n) is 3.70. The van der Waals surface area contributed by atoms with Crippen LogP contribution in [0.15, 0.2) is 29.8 Å². The predicted molar refractivity (Wildman–Crippen MR) is 69.9 cm³/mol. The SMILES string of the molecule is CCCNC(=O)/C(C#N)=C\c1cccc(OC)c1. The Kier molecular flexibility index (Phi) is 5.46. The number of amides is 1. The molecule has 0 spiro atoms. The number of hydrogen-bond acceptors (Lipinski definition) is 3. The molecule has 1 aromatic carbocycles. The van der Waals surface area contributed by atoms with Crippen molar-refractivity contribution in [1.29, 1.82) is 5.26 Å². The van der Waals surface area contributed by atoms with Gasteiger partial charge in [-0.2, -0.15) is 5.26 Å². The van der Waals surface area contributed by atoms with E-state index in [0.717, 1.165) is 12.0 Å².